The van der Waals surface area contributed by atoms with E-state index in [4.69, 9.17) is 16.9 Å². The summed E-state index contributed by atoms with van der Waals surface area (Å²) in [7, 11) is 0. The Labute approximate surface area is 112 Å². The second-order valence-corrected chi connectivity index (χ2v) is 5.03. The quantitative estimate of drug-likeness (QED) is 0.837. The topological polar surface area (TPSA) is 44.1 Å². The third-order valence-electron chi connectivity index (χ3n) is 3.13. The molecule has 1 aromatic rings. The summed E-state index contributed by atoms with van der Waals surface area (Å²) in [6, 6.07) is 7.71. The number of hydrogen-bond acceptors (Lipinski definition) is 2. The number of amides is 1. The number of nitrogens with zero attached hydrogens (tertiary/aromatic N) is 2. The summed E-state index contributed by atoms with van der Waals surface area (Å²) in [5.74, 6) is 0.0157. The first kappa shape index (κ1) is 12.9. The van der Waals surface area contributed by atoms with Crippen molar-refractivity contribution in [2.24, 2.45) is 0 Å². The first-order chi connectivity index (χ1) is 8.63. The van der Waals surface area contributed by atoms with Crippen LogP contribution in [0.3, 0.4) is 0 Å². The maximum Gasteiger partial charge on any atom is 0.254 e. The van der Waals surface area contributed by atoms with Crippen LogP contribution in [0.15, 0.2) is 18.2 Å². The van der Waals surface area contributed by atoms with E-state index in [2.05, 4.69) is 6.07 Å². The second kappa shape index (κ2) is 5.41. The van der Waals surface area contributed by atoms with Gasteiger partial charge >= 0.3 is 0 Å². The van der Waals surface area contributed by atoms with Gasteiger partial charge in [-0.05, 0) is 43.5 Å². The first-order valence-corrected chi connectivity index (χ1v) is 6.45. The lowest BCUT2D eigenvalue weighted by molar-refractivity contribution is 0.0746. The van der Waals surface area contributed by atoms with Crippen molar-refractivity contribution in [1.29, 1.82) is 5.26 Å². The number of benzene rings is 1. The van der Waals surface area contributed by atoms with Gasteiger partial charge in [-0.25, -0.2) is 0 Å². The van der Waals surface area contributed by atoms with Gasteiger partial charge in [0.2, 0.25) is 0 Å². The summed E-state index contributed by atoms with van der Waals surface area (Å²) in [4.78, 5) is 14.3. The molecule has 0 unspecified atom stereocenters. The molecule has 0 radical (unpaired) electrons. The van der Waals surface area contributed by atoms with Crippen molar-refractivity contribution in [1.82, 2.24) is 4.90 Å². The normalized spacial score (nSPS) is 14.1. The zero-order valence-electron chi connectivity index (χ0n) is 10.3. The second-order valence-electron chi connectivity index (χ2n) is 4.60. The predicted octanol–water partition coefficient (Wildman–Crippen LogP) is 3.17. The van der Waals surface area contributed by atoms with Gasteiger partial charge in [-0.1, -0.05) is 11.6 Å². The van der Waals surface area contributed by atoms with E-state index in [0.717, 1.165) is 18.4 Å². The fraction of sp³-hybridized carbons (Fsp3) is 0.429. The fourth-order valence-electron chi connectivity index (χ4n) is 2.03. The molecular weight excluding hydrogens is 248 g/mol. The van der Waals surface area contributed by atoms with E-state index >= 15 is 0 Å². The number of rotatable bonds is 4. The van der Waals surface area contributed by atoms with Gasteiger partial charge in [-0.3, -0.25) is 4.79 Å². The Morgan fingerprint density at radius 2 is 2.28 bits per heavy atom. The molecule has 18 heavy (non-hydrogen) atoms. The molecule has 1 aliphatic carbocycles. The summed E-state index contributed by atoms with van der Waals surface area (Å²) in [6.07, 6.45) is 2.47. The van der Waals surface area contributed by atoms with Crippen LogP contribution in [-0.4, -0.2) is 23.4 Å². The van der Waals surface area contributed by atoms with E-state index in [-0.39, 0.29) is 5.91 Å². The van der Waals surface area contributed by atoms with Crippen LogP contribution in [0.25, 0.3) is 0 Å². The van der Waals surface area contributed by atoms with Crippen LogP contribution in [0, 0.1) is 18.3 Å². The highest BCUT2D eigenvalue weighted by molar-refractivity contribution is 6.30. The van der Waals surface area contributed by atoms with Crippen LogP contribution in [0.5, 0.6) is 0 Å². The van der Waals surface area contributed by atoms with Crippen LogP contribution in [0.1, 0.15) is 35.2 Å². The minimum atomic E-state index is 0.0157. The third-order valence-corrected chi connectivity index (χ3v) is 3.37. The van der Waals surface area contributed by atoms with Crippen molar-refractivity contribution in [3.8, 4) is 6.07 Å². The lowest BCUT2D eigenvalue weighted by atomic mass is 10.1. The molecule has 0 bridgehead atoms. The molecule has 4 heteroatoms. The number of carbonyl (C=O) groups excluding carboxylic acids is 1. The lowest BCUT2D eigenvalue weighted by Crippen LogP contribution is -2.34. The SMILES string of the molecule is Cc1cc(Cl)ccc1C(=O)N(CCC#N)C1CC1. The van der Waals surface area contributed by atoms with Crippen molar-refractivity contribution < 1.29 is 4.79 Å². The Kier molecular flexibility index (Phi) is 3.88. The van der Waals surface area contributed by atoms with E-state index in [1.165, 1.54) is 0 Å². The summed E-state index contributed by atoms with van der Waals surface area (Å²) in [6.45, 7) is 2.40. The zero-order valence-corrected chi connectivity index (χ0v) is 11.1. The number of nitriles is 1. The van der Waals surface area contributed by atoms with Crippen LogP contribution in [0.4, 0.5) is 0 Å². The van der Waals surface area contributed by atoms with Gasteiger partial charge in [-0.2, -0.15) is 5.26 Å². The Balaban J connectivity index is 2.19. The first-order valence-electron chi connectivity index (χ1n) is 6.07. The molecule has 1 fully saturated rings. The molecule has 0 aliphatic heterocycles. The Bertz CT molecular complexity index is 503. The van der Waals surface area contributed by atoms with Crippen molar-refractivity contribution in [2.45, 2.75) is 32.2 Å². The monoisotopic (exact) mass is 262 g/mol. The Morgan fingerprint density at radius 3 is 2.83 bits per heavy atom. The maximum absolute atomic E-state index is 12.4. The average molecular weight is 263 g/mol. The maximum atomic E-state index is 12.4. The van der Waals surface area contributed by atoms with Gasteiger partial charge < -0.3 is 4.90 Å². The van der Waals surface area contributed by atoms with Crippen molar-refractivity contribution in [3.05, 3.63) is 34.3 Å². The van der Waals surface area contributed by atoms with Crippen LogP contribution < -0.4 is 0 Å². The minimum Gasteiger partial charge on any atom is -0.335 e. The van der Waals surface area contributed by atoms with E-state index in [9.17, 15) is 4.79 Å². The number of aryl methyl sites for hydroxylation is 1. The molecule has 1 aromatic carbocycles. The molecule has 0 heterocycles. The highest BCUT2D eigenvalue weighted by Gasteiger charge is 2.33. The van der Waals surface area contributed by atoms with Crippen LogP contribution in [-0.2, 0) is 0 Å². The van der Waals surface area contributed by atoms with Crippen molar-refractivity contribution >= 4 is 17.5 Å². The van der Waals surface area contributed by atoms with Gasteiger partial charge in [0.05, 0.1) is 12.5 Å². The molecular formula is C14H15ClN2O. The smallest absolute Gasteiger partial charge is 0.254 e. The predicted molar refractivity (Wildman–Crippen MR) is 70.5 cm³/mol. The molecule has 0 saturated heterocycles. The molecule has 0 atom stereocenters. The molecule has 1 aliphatic rings. The lowest BCUT2D eigenvalue weighted by Gasteiger charge is -2.22. The largest absolute Gasteiger partial charge is 0.335 e. The Hall–Kier alpha value is -1.53. The molecule has 0 spiro atoms. The van der Waals surface area contributed by atoms with Crippen LogP contribution in [0.2, 0.25) is 5.02 Å². The number of hydrogen-bond donors (Lipinski definition) is 0. The molecule has 2 rings (SSSR count). The number of carbonyl (C=O) groups is 1. The van der Waals surface area contributed by atoms with E-state index < -0.39 is 0 Å². The van der Waals surface area contributed by atoms with Gasteiger partial charge in [0.15, 0.2) is 0 Å². The summed E-state index contributed by atoms with van der Waals surface area (Å²) in [5.41, 5.74) is 1.57. The van der Waals surface area contributed by atoms with Gasteiger partial charge in [0.1, 0.15) is 0 Å². The fourth-order valence-corrected chi connectivity index (χ4v) is 2.26. The van der Waals surface area contributed by atoms with Gasteiger partial charge in [-0.15, -0.1) is 0 Å². The summed E-state index contributed by atoms with van der Waals surface area (Å²) >= 11 is 5.89. The molecule has 1 saturated carbocycles. The molecule has 94 valence electrons. The molecule has 0 N–H and O–H groups in total. The third kappa shape index (κ3) is 2.83. The van der Waals surface area contributed by atoms with Crippen molar-refractivity contribution in [3.63, 3.8) is 0 Å². The summed E-state index contributed by atoms with van der Waals surface area (Å²) in [5, 5.41) is 9.29. The molecule has 1 amide bonds. The number of halogens is 1. The van der Waals surface area contributed by atoms with E-state index in [0.29, 0.717) is 29.6 Å². The minimum absolute atomic E-state index is 0.0157. The molecule has 3 nitrogen and oxygen atoms in total. The van der Waals surface area contributed by atoms with Gasteiger partial charge in [0, 0.05) is 23.2 Å². The average Bonchev–Trinajstić information content (AvgIpc) is 3.13. The van der Waals surface area contributed by atoms with Crippen molar-refractivity contribution in [2.75, 3.05) is 6.54 Å². The standard InChI is InChI=1S/C14H15ClN2O/c1-10-9-11(15)3-6-13(10)14(18)17(8-2-7-16)12-4-5-12/h3,6,9,12H,2,4-5,8H2,1H3. The highest BCUT2D eigenvalue weighted by atomic mass is 35.5. The molecule has 0 aromatic heterocycles. The van der Waals surface area contributed by atoms with Gasteiger partial charge in [0.25, 0.3) is 5.91 Å². The van der Waals surface area contributed by atoms with E-state index in [1.807, 2.05) is 11.8 Å². The zero-order chi connectivity index (χ0) is 13.1. The van der Waals surface area contributed by atoms with E-state index in [1.54, 1.807) is 18.2 Å². The highest BCUT2D eigenvalue weighted by Crippen LogP contribution is 2.29. The summed E-state index contributed by atoms with van der Waals surface area (Å²) < 4.78 is 0. The van der Waals surface area contributed by atoms with Crippen LogP contribution >= 0.6 is 11.6 Å². The Morgan fingerprint density at radius 1 is 1.56 bits per heavy atom.